The van der Waals surface area contributed by atoms with Gasteiger partial charge in [-0.1, -0.05) is 11.6 Å². The molecule has 1 aromatic heterocycles. The van der Waals surface area contributed by atoms with Gasteiger partial charge < -0.3 is 15.4 Å². The zero-order valence-electron chi connectivity index (χ0n) is 13.3. The van der Waals surface area contributed by atoms with E-state index in [1.165, 1.54) is 10.4 Å². The Bertz CT molecular complexity index is 721. The molecule has 0 bridgehead atoms. The average Bonchev–Trinajstić information content (AvgIpc) is 3.12. The molecule has 0 atom stereocenters. The first-order valence-corrected chi connectivity index (χ1v) is 10.2. The fourth-order valence-corrected chi connectivity index (χ4v) is 5.42. The second kappa shape index (κ2) is 7.75. The van der Waals surface area contributed by atoms with E-state index >= 15 is 0 Å². The Morgan fingerprint density at radius 3 is 2.88 bits per heavy atom. The molecule has 3 heterocycles. The van der Waals surface area contributed by atoms with Crippen LogP contribution in [0.5, 0.6) is 0 Å². The van der Waals surface area contributed by atoms with Crippen molar-refractivity contribution in [1.29, 1.82) is 0 Å². The quantitative estimate of drug-likeness (QED) is 0.733. The van der Waals surface area contributed by atoms with Crippen LogP contribution in [0.15, 0.2) is 28.0 Å². The van der Waals surface area contributed by atoms with Gasteiger partial charge in [0.05, 0.1) is 13.2 Å². The van der Waals surface area contributed by atoms with Gasteiger partial charge in [-0.15, -0.1) is 11.3 Å². The fraction of sp³-hybridized carbons (Fsp3) is 0.533. The van der Waals surface area contributed by atoms with Gasteiger partial charge in [0.15, 0.2) is 0 Å². The maximum absolute atomic E-state index is 12.8. The van der Waals surface area contributed by atoms with E-state index in [4.69, 9.17) is 4.74 Å². The van der Waals surface area contributed by atoms with Crippen molar-refractivity contribution in [3.05, 3.63) is 28.0 Å². The van der Waals surface area contributed by atoms with Crippen molar-refractivity contribution in [2.45, 2.75) is 11.3 Å². The summed E-state index contributed by atoms with van der Waals surface area (Å²) in [7, 11) is -3.66. The Morgan fingerprint density at radius 2 is 2.17 bits per heavy atom. The molecule has 0 spiro atoms. The summed E-state index contributed by atoms with van der Waals surface area (Å²) in [5, 5.41) is 7.70. The van der Waals surface area contributed by atoms with E-state index in [-0.39, 0.29) is 15.7 Å². The van der Waals surface area contributed by atoms with Crippen LogP contribution in [0.3, 0.4) is 0 Å². The number of nitrogens with zero attached hydrogens (tertiary/aromatic N) is 1. The highest BCUT2D eigenvalue weighted by molar-refractivity contribution is 7.89. The third-order valence-corrected chi connectivity index (χ3v) is 7.04. The number of morpholine rings is 1. The van der Waals surface area contributed by atoms with Crippen LogP contribution in [0.25, 0.3) is 0 Å². The molecule has 24 heavy (non-hydrogen) atoms. The second-order valence-electron chi connectivity index (χ2n) is 5.63. The Kier molecular flexibility index (Phi) is 5.67. The third kappa shape index (κ3) is 3.86. The summed E-state index contributed by atoms with van der Waals surface area (Å²) in [6.07, 6.45) is 2.95. The highest BCUT2D eigenvalue weighted by atomic mass is 32.2. The molecule has 1 aromatic rings. The van der Waals surface area contributed by atoms with E-state index in [0.29, 0.717) is 32.8 Å². The first-order chi connectivity index (χ1) is 11.6. The number of carbonyl (C=O) groups excluding carboxylic acids is 1. The van der Waals surface area contributed by atoms with E-state index < -0.39 is 10.0 Å². The summed E-state index contributed by atoms with van der Waals surface area (Å²) in [4.78, 5) is 12.8. The topological polar surface area (TPSA) is 87.7 Å². The first kappa shape index (κ1) is 17.6. The van der Waals surface area contributed by atoms with Crippen LogP contribution >= 0.6 is 11.3 Å². The van der Waals surface area contributed by atoms with E-state index in [1.54, 1.807) is 5.38 Å². The molecule has 132 valence electrons. The Morgan fingerprint density at radius 1 is 1.38 bits per heavy atom. The van der Waals surface area contributed by atoms with Crippen LogP contribution in [0.2, 0.25) is 0 Å². The largest absolute Gasteiger partial charge is 0.379 e. The number of sulfonamides is 1. The Balaban J connectivity index is 1.72. The number of thiophene rings is 1. The molecule has 0 aliphatic carbocycles. The molecular formula is C15H21N3O4S2. The van der Waals surface area contributed by atoms with Gasteiger partial charge in [-0.05, 0) is 24.4 Å². The molecule has 0 saturated carbocycles. The monoisotopic (exact) mass is 371 g/mol. The lowest BCUT2D eigenvalue weighted by atomic mass is 10.1. The maximum Gasteiger partial charge on any atom is 0.263 e. The number of hydrogen-bond acceptors (Lipinski definition) is 6. The molecule has 0 aromatic carbocycles. The highest BCUT2D eigenvalue weighted by Gasteiger charge is 2.31. The number of nitrogens with one attached hydrogen (secondary N) is 2. The molecule has 0 radical (unpaired) electrons. The predicted molar refractivity (Wildman–Crippen MR) is 91.8 cm³/mol. The summed E-state index contributed by atoms with van der Waals surface area (Å²) >= 11 is 1.15. The summed E-state index contributed by atoms with van der Waals surface area (Å²) in [5.74, 6) is -0.337. The molecule has 9 heteroatoms. The van der Waals surface area contributed by atoms with Crippen LogP contribution in [-0.2, 0) is 14.8 Å². The van der Waals surface area contributed by atoms with Gasteiger partial charge in [-0.25, -0.2) is 8.42 Å². The minimum absolute atomic E-state index is 0.0891. The zero-order chi connectivity index (χ0) is 17.0. The van der Waals surface area contributed by atoms with E-state index in [2.05, 4.69) is 16.7 Å². The molecule has 1 saturated heterocycles. The van der Waals surface area contributed by atoms with Crippen LogP contribution in [0.1, 0.15) is 16.1 Å². The van der Waals surface area contributed by atoms with Crippen molar-refractivity contribution in [2.75, 3.05) is 45.9 Å². The van der Waals surface area contributed by atoms with Gasteiger partial charge in [0.25, 0.3) is 5.91 Å². The molecule has 1 fully saturated rings. The van der Waals surface area contributed by atoms with Gasteiger partial charge in [0.1, 0.15) is 9.77 Å². The van der Waals surface area contributed by atoms with Gasteiger partial charge >= 0.3 is 0 Å². The summed E-state index contributed by atoms with van der Waals surface area (Å²) in [6.45, 7) is 3.56. The molecule has 2 aliphatic heterocycles. The highest BCUT2D eigenvalue weighted by Crippen LogP contribution is 2.26. The summed E-state index contributed by atoms with van der Waals surface area (Å²) in [6, 6.07) is 1.51. The number of ether oxygens (including phenoxy) is 1. The molecular weight excluding hydrogens is 350 g/mol. The molecule has 3 rings (SSSR count). The van der Waals surface area contributed by atoms with E-state index in [9.17, 15) is 13.2 Å². The van der Waals surface area contributed by atoms with Gasteiger partial charge in [-0.2, -0.15) is 4.31 Å². The van der Waals surface area contributed by atoms with Crippen LogP contribution < -0.4 is 10.6 Å². The smallest absolute Gasteiger partial charge is 0.263 e. The van der Waals surface area contributed by atoms with Gasteiger partial charge in [0, 0.05) is 26.2 Å². The molecule has 2 N–H and O–H groups in total. The zero-order valence-corrected chi connectivity index (χ0v) is 14.9. The second-order valence-corrected chi connectivity index (χ2v) is 8.45. The van der Waals surface area contributed by atoms with Crippen LogP contribution in [-0.4, -0.2) is 64.6 Å². The van der Waals surface area contributed by atoms with Crippen molar-refractivity contribution in [2.24, 2.45) is 0 Å². The molecule has 0 unspecified atom stereocenters. The summed E-state index contributed by atoms with van der Waals surface area (Å²) < 4.78 is 32.1. The van der Waals surface area contributed by atoms with Crippen molar-refractivity contribution in [1.82, 2.24) is 14.9 Å². The number of carbonyl (C=O) groups is 1. The molecule has 1 amide bonds. The number of hydrogen-bond donors (Lipinski definition) is 2. The Hall–Kier alpha value is -1.26. The van der Waals surface area contributed by atoms with Crippen LogP contribution in [0.4, 0.5) is 0 Å². The predicted octanol–water partition coefficient (Wildman–Crippen LogP) is 0.419. The van der Waals surface area contributed by atoms with Crippen molar-refractivity contribution in [3.8, 4) is 0 Å². The maximum atomic E-state index is 12.8. The lowest BCUT2D eigenvalue weighted by molar-refractivity contribution is 0.0730. The number of amides is 1. The lowest BCUT2D eigenvalue weighted by Crippen LogP contribution is -2.41. The van der Waals surface area contributed by atoms with Crippen molar-refractivity contribution < 1.29 is 17.9 Å². The SMILES string of the molecule is O=C(NCC1=CCNCC1)c1sccc1S(=O)(=O)N1CCOCC1. The first-order valence-electron chi connectivity index (χ1n) is 7.91. The van der Waals surface area contributed by atoms with E-state index in [0.717, 1.165) is 36.4 Å². The average molecular weight is 371 g/mol. The lowest BCUT2D eigenvalue weighted by Gasteiger charge is -2.26. The number of rotatable bonds is 5. The third-order valence-electron chi connectivity index (χ3n) is 4.06. The van der Waals surface area contributed by atoms with Crippen LogP contribution in [0, 0.1) is 0 Å². The minimum atomic E-state index is -3.66. The minimum Gasteiger partial charge on any atom is -0.379 e. The molecule has 2 aliphatic rings. The molecule has 7 nitrogen and oxygen atoms in total. The van der Waals surface area contributed by atoms with E-state index in [1.807, 2.05) is 0 Å². The summed E-state index contributed by atoms with van der Waals surface area (Å²) in [5.41, 5.74) is 1.16. The Labute approximate surface area is 145 Å². The van der Waals surface area contributed by atoms with Gasteiger partial charge in [0.2, 0.25) is 10.0 Å². The van der Waals surface area contributed by atoms with Crippen molar-refractivity contribution >= 4 is 27.3 Å². The normalized spacial score (nSPS) is 19.8. The fourth-order valence-electron chi connectivity index (χ4n) is 2.70. The van der Waals surface area contributed by atoms with Gasteiger partial charge in [-0.3, -0.25) is 4.79 Å². The standard InChI is InChI=1S/C15H21N3O4S2/c19-15(17-11-12-1-4-16-5-2-12)14-13(3-10-23-14)24(20,21)18-6-8-22-9-7-18/h1,3,10,16H,2,4-9,11H2,(H,17,19). The van der Waals surface area contributed by atoms with Crippen molar-refractivity contribution in [3.63, 3.8) is 0 Å².